The van der Waals surface area contributed by atoms with E-state index in [-0.39, 0.29) is 11.4 Å². The molecule has 1 N–H and O–H groups in total. The van der Waals surface area contributed by atoms with Gasteiger partial charge in [0.15, 0.2) is 0 Å². The molecule has 6 nitrogen and oxygen atoms in total. The highest BCUT2D eigenvalue weighted by molar-refractivity contribution is 8.18. The van der Waals surface area contributed by atoms with E-state index >= 15 is 0 Å². The summed E-state index contributed by atoms with van der Waals surface area (Å²) in [5.41, 5.74) is 1.09. The molecule has 24 heavy (non-hydrogen) atoms. The van der Waals surface area contributed by atoms with Gasteiger partial charge >= 0.3 is 0 Å². The van der Waals surface area contributed by atoms with Gasteiger partial charge in [-0.15, -0.1) is 0 Å². The molecule has 0 radical (unpaired) electrons. The number of nitrogens with zero attached hydrogens (tertiary/aromatic N) is 1. The van der Waals surface area contributed by atoms with Crippen molar-refractivity contribution in [2.24, 2.45) is 0 Å². The Morgan fingerprint density at radius 2 is 2.08 bits per heavy atom. The number of furan rings is 1. The summed E-state index contributed by atoms with van der Waals surface area (Å²) >= 11 is 6.74. The maximum Gasteiger partial charge on any atom is 0.294 e. The molecule has 122 valence electrons. The van der Waals surface area contributed by atoms with Crippen molar-refractivity contribution in [3.8, 4) is 0 Å². The van der Waals surface area contributed by atoms with Crippen LogP contribution >= 0.6 is 23.4 Å². The highest BCUT2D eigenvalue weighted by Crippen LogP contribution is 2.32. The molecule has 1 aliphatic rings. The quantitative estimate of drug-likeness (QED) is 0.840. The Labute approximate surface area is 146 Å². The summed E-state index contributed by atoms with van der Waals surface area (Å²) in [6.45, 7) is -0.376. The zero-order valence-corrected chi connectivity index (χ0v) is 13.8. The van der Waals surface area contributed by atoms with Crippen molar-refractivity contribution < 1.29 is 18.8 Å². The summed E-state index contributed by atoms with van der Waals surface area (Å²) in [4.78, 5) is 37.5. The SMILES string of the molecule is O=C(CN1C(=O)S/C(=C/c2ccoc2)C1=O)Nc1ccccc1Cl. The van der Waals surface area contributed by atoms with Gasteiger partial charge in [-0.2, -0.15) is 0 Å². The maximum absolute atomic E-state index is 12.3. The zero-order chi connectivity index (χ0) is 17.1. The summed E-state index contributed by atoms with van der Waals surface area (Å²) in [6.07, 6.45) is 4.46. The first-order chi connectivity index (χ1) is 11.5. The first-order valence-electron chi connectivity index (χ1n) is 6.86. The van der Waals surface area contributed by atoms with E-state index in [4.69, 9.17) is 16.0 Å². The summed E-state index contributed by atoms with van der Waals surface area (Å²) < 4.78 is 4.92. The van der Waals surface area contributed by atoms with Gasteiger partial charge < -0.3 is 9.73 Å². The van der Waals surface area contributed by atoms with E-state index in [1.807, 2.05) is 0 Å². The summed E-state index contributed by atoms with van der Waals surface area (Å²) in [7, 11) is 0. The first-order valence-corrected chi connectivity index (χ1v) is 8.06. The number of nitrogens with one attached hydrogen (secondary N) is 1. The fraction of sp³-hybridized carbons (Fsp3) is 0.0625. The van der Waals surface area contributed by atoms with E-state index in [1.54, 1.807) is 36.4 Å². The third-order valence-corrected chi connectivity index (χ3v) is 4.40. The highest BCUT2D eigenvalue weighted by atomic mass is 35.5. The third kappa shape index (κ3) is 3.52. The van der Waals surface area contributed by atoms with Gasteiger partial charge in [0.05, 0.1) is 28.1 Å². The summed E-state index contributed by atoms with van der Waals surface area (Å²) in [5.74, 6) is -1.02. The maximum atomic E-state index is 12.3. The normalized spacial score (nSPS) is 16.0. The number of thioether (sulfide) groups is 1. The molecule has 2 aromatic rings. The Bertz CT molecular complexity index is 832. The van der Waals surface area contributed by atoms with Crippen molar-refractivity contribution in [1.29, 1.82) is 0 Å². The van der Waals surface area contributed by atoms with E-state index in [0.29, 0.717) is 16.3 Å². The van der Waals surface area contributed by atoms with Crippen molar-refractivity contribution in [3.63, 3.8) is 0 Å². The van der Waals surface area contributed by atoms with Gasteiger partial charge in [0, 0.05) is 5.56 Å². The molecule has 1 saturated heterocycles. The molecule has 8 heteroatoms. The predicted molar refractivity (Wildman–Crippen MR) is 91.5 cm³/mol. The number of amides is 3. The summed E-state index contributed by atoms with van der Waals surface area (Å²) in [6, 6.07) is 8.38. The second-order valence-corrected chi connectivity index (χ2v) is 6.25. The molecule has 0 atom stereocenters. The van der Waals surface area contributed by atoms with Crippen molar-refractivity contribution in [3.05, 3.63) is 58.3 Å². The molecule has 0 aliphatic carbocycles. The molecule has 2 heterocycles. The van der Waals surface area contributed by atoms with Gasteiger partial charge in [-0.25, -0.2) is 0 Å². The lowest BCUT2D eigenvalue weighted by atomic mass is 10.3. The fourth-order valence-electron chi connectivity index (χ4n) is 2.04. The van der Waals surface area contributed by atoms with Crippen LogP contribution in [0.25, 0.3) is 6.08 Å². The Balaban J connectivity index is 1.69. The third-order valence-electron chi connectivity index (χ3n) is 3.16. The molecule has 0 saturated carbocycles. The molecular weight excluding hydrogens is 352 g/mol. The molecule has 3 amide bonds. The Hall–Kier alpha value is -2.51. The monoisotopic (exact) mass is 362 g/mol. The highest BCUT2D eigenvalue weighted by Gasteiger charge is 2.36. The molecule has 1 aromatic heterocycles. The van der Waals surface area contributed by atoms with Crippen LogP contribution < -0.4 is 5.32 Å². The molecule has 3 rings (SSSR count). The topological polar surface area (TPSA) is 79.6 Å². The van der Waals surface area contributed by atoms with E-state index in [2.05, 4.69) is 5.32 Å². The van der Waals surface area contributed by atoms with Crippen LogP contribution in [-0.2, 0) is 9.59 Å². The number of imide groups is 1. The van der Waals surface area contributed by atoms with E-state index < -0.39 is 17.1 Å². The van der Waals surface area contributed by atoms with Crippen molar-refractivity contribution >= 4 is 52.2 Å². The van der Waals surface area contributed by atoms with Crippen LogP contribution in [0, 0.1) is 0 Å². The van der Waals surface area contributed by atoms with Crippen LogP contribution in [0.3, 0.4) is 0 Å². The average molecular weight is 363 g/mol. The van der Waals surface area contributed by atoms with E-state index in [1.165, 1.54) is 12.5 Å². The number of hydrogen-bond acceptors (Lipinski definition) is 5. The minimum absolute atomic E-state index is 0.243. The zero-order valence-electron chi connectivity index (χ0n) is 12.2. The van der Waals surface area contributed by atoms with Gasteiger partial charge in [-0.3, -0.25) is 19.3 Å². The van der Waals surface area contributed by atoms with Crippen molar-refractivity contribution in [1.82, 2.24) is 4.90 Å². The van der Waals surface area contributed by atoms with E-state index in [0.717, 1.165) is 16.7 Å². The molecule has 1 fully saturated rings. The predicted octanol–water partition coefficient (Wildman–Crippen LogP) is 3.61. The summed E-state index contributed by atoms with van der Waals surface area (Å²) in [5, 5.41) is 2.46. The minimum atomic E-state index is -0.513. The van der Waals surface area contributed by atoms with Crippen molar-refractivity contribution in [2.45, 2.75) is 0 Å². The van der Waals surface area contributed by atoms with Gasteiger partial charge in [-0.05, 0) is 36.0 Å². The van der Waals surface area contributed by atoms with Gasteiger partial charge in [0.2, 0.25) is 5.91 Å². The second kappa shape index (κ2) is 6.94. The molecule has 1 aromatic carbocycles. The number of para-hydroxylation sites is 1. The Morgan fingerprint density at radius 3 is 2.79 bits per heavy atom. The van der Waals surface area contributed by atoms with Crippen LogP contribution in [0.5, 0.6) is 0 Å². The lowest BCUT2D eigenvalue weighted by molar-refractivity contribution is -0.127. The number of benzene rings is 1. The number of carbonyl (C=O) groups excluding carboxylic acids is 3. The van der Waals surface area contributed by atoms with Gasteiger partial charge in [0.25, 0.3) is 11.1 Å². The van der Waals surface area contributed by atoms with Crippen LogP contribution in [-0.4, -0.2) is 28.5 Å². The number of halogens is 1. The van der Waals surface area contributed by atoms with Crippen LogP contribution in [0.1, 0.15) is 5.56 Å². The Morgan fingerprint density at radius 1 is 1.29 bits per heavy atom. The van der Waals surface area contributed by atoms with Gasteiger partial charge in [-0.1, -0.05) is 23.7 Å². The molecule has 0 spiro atoms. The fourth-order valence-corrected chi connectivity index (χ4v) is 3.06. The lowest BCUT2D eigenvalue weighted by Gasteiger charge is -2.13. The standard InChI is InChI=1S/C16H11ClN2O4S/c17-11-3-1-2-4-12(11)18-14(20)8-19-15(21)13(24-16(19)22)7-10-5-6-23-9-10/h1-7,9H,8H2,(H,18,20)/b13-7+. The van der Waals surface area contributed by atoms with Gasteiger partial charge in [0.1, 0.15) is 6.54 Å². The van der Waals surface area contributed by atoms with Crippen LogP contribution in [0.2, 0.25) is 5.02 Å². The minimum Gasteiger partial charge on any atom is -0.472 e. The lowest BCUT2D eigenvalue weighted by Crippen LogP contribution is -2.36. The first kappa shape index (κ1) is 16.4. The average Bonchev–Trinajstić information content (AvgIpc) is 3.14. The molecule has 0 unspecified atom stereocenters. The molecule has 0 bridgehead atoms. The number of rotatable bonds is 4. The largest absolute Gasteiger partial charge is 0.472 e. The smallest absolute Gasteiger partial charge is 0.294 e. The van der Waals surface area contributed by atoms with E-state index in [9.17, 15) is 14.4 Å². The van der Waals surface area contributed by atoms with Crippen molar-refractivity contribution in [2.75, 3.05) is 11.9 Å². The Kier molecular flexibility index (Phi) is 4.73. The molecular formula is C16H11ClN2O4S. The molecule has 1 aliphatic heterocycles. The number of anilines is 1. The van der Waals surface area contributed by atoms with Crippen LogP contribution in [0.4, 0.5) is 10.5 Å². The number of hydrogen-bond donors (Lipinski definition) is 1. The van der Waals surface area contributed by atoms with Crippen LogP contribution in [0.15, 0.2) is 52.2 Å². The number of carbonyl (C=O) groups is 3. The second-order valence-electron chi connectivity index (χ2n) is 4.85.